The summed E-state index contributed by atoms with van der Waals surface area (Å²) in [5.74, 6) is 0.891. The molecule has 0 N–H and O–H groups in total. The van der Waals surface area contributed by atoms with Crippen LogP contribution in [0.3, 0.4) is 0 Å². The summed E-state index contributed by atoms with van der Waals surface area (Å²) >= 11 is 0. The largest absolute Gasteiger partial charge is 0.301 e. The van der Waals surface area contributed by atoms with E-state index in [9.17, 15) is 0 Å². The van der Waals surface area contributed by atoms with Gasteiger partial charge in [-0.25, -0.2) is 0 Å². The molecule has 132 valence electrons. The quantitative estimate of drug-likeness (QED) is 0.458. The number of nitrogens with zero attached hydrogens (tertiary/aromatic N) is 2. The Morgan fingerprint density at radius 2 is 1.14 bits per heavy atom. The van der Waals surface area contributed by atoms with Gasteiger partial charge in [0.1, 0.15) is 0 Å². The standard InChI is InChI=1S/C20H42N2/c1-19(2)13-11-9-7-5-6-8-10-12-14-21-15-17-22(18-16-21)20(3)4/h19-20H,5-18H2,1-4H3. The molecule has 0 aliphatic carbocycles. The molecule has 22 heavy (non-hydrogen) atoms. The second-order valence-electron chi connectivity index (χ2n) is 7.98. The fraction of sp³-hybridized carbons (Fsp3) is 1.00. The highest BCUT2D eigenvalue weighted by atomic mass is 15.3. The maximum Gasteiger partial charge on any atom is 0.0113 e. The molecule has 0 amide bonds. The van der Waals surface area contributed by atoms with Crippen LogP contribution < -0.4 is 0 Å². The molecule has 0 unspecified atom stereocenters. The van der Waals surface area contributed by atoms with Crippen molar-refractivity contribution >= 4 is 0 Å². The summed E-state index contributed by atoms with van der Waals surface area (Å²) in [5, 5.41) is 0. The van der Waals surface area contributed by atoms with Crippen molar-refractivity contribution < 1.29 is 0 Å². The molecule has 1 fully saturated rings. The van der Waals surface area contributed by atoms with E-state index in [1.165, 1.54) is 90.5 Å². The van der Waals surface area contributed by atoms with E-state index in [-0.39, 0.29) is 0 Å². The molecule has 1 rings (SSSR count). The van der Waals surface area contributed by atoms with Gasteiger partial charge >= 0.3 is 0 Å². The lowest BCUT2D eigenvalue weighted by Gasteiger charge is -2.36. The fourth-order valence-electron chi connectivity index (χ4n) is 3.45. The van der Waals surface area contributed by atoms with E-state index in [0.29, 0.717) is 0 Å². The van der Waals surface area contributed by atoms with E-state index in [1.54, 1.807) is 0 Å². The highest BCUT2D eigenvalue weighted by molar-refractivity contribution is 4.74. The van der Waals surface area contributed by atoms with Gasteiger partial charge in [-0.2, -0.15) is 0 Å². The third-order valence-corrected chi connectivity index (χ3v) is 5.14. The van der Waals surface area contributed by atoms with E-state index in [2.05, 4.69) is 37.5 Å². The van der Waals surface area contributed by atoms with Gasteiger partial charge in [-0.15, -0.1) is 0 Å². The summed E-state index contributed by atoms with van der Waals surface area (Å²) in [6, 6.07) is 0.725. The fourth-order valence-corrected chi connectivity index (χ4v) is 3.45. The van der Waals surface area contributed by atoms with Crippen molar-refractivity contribution in [3.8, 4) is 0 Å². The minimum absolute atomic E-state index is 0.725. The topological polar surface area (TPSA) is 6.48 Å². The van der Waals surface area contributed by atoms with Crippen LogP contribution in [0.5, 0.6) is 0 Å². The second kappa shape index (κ2) is 12.4. The minimum Gasteiger partial charge on any atom is -0.301 e. The van der Waals surface area contributed by atoms with Crippen molar-refractivity contribution in [2.75, 3.05) is 32.7 Å². The highest BCUT2D eigenvalue weighted by Gasteiger charge is 2.17. The lowest BCUT2D eigenvalue weighted by Crippen LogP contribution is -2.48. The Balaban J connectivity index is 1.82. The van der Waals surface area contributed by atoms with Crippen LogP contribution in [0.4, 0.5) is 0 Å². The van der Waals surface area contributed by atoms with Crippen LogP contribution in [-0.2, 0) is 0 Å². The van der Waals surface area contributed by atoms with E-state index in [1.807, 2.05) is 0 Å². The van der Waals surface area contributed by atoms with E-state index >= 15 is 0 Å². The Morgan fingerprint density at radius 1 is 0.636 bits per heavy atom. The first-order chi connectivity index (χ1) is 10.6. The predicted molar refractivity (Wildman–Crippen MR) is 99.5 cm³/mol. The maximum atomic E-state index is 2.67. The van der Waals surface area contributed by atoms with Crippen molar-refractivity contribution in [1.82, 2.24) is 9.80 Å². The van der Waals surface area contributed by atoms with Crippen molar-refractivity contribution in [2.24, 2.45) is 5.92 Å². The van der Waals surface area contributed by atoms with Gasteiger partial charge in [-0.05, 0) is 32.7 Å². The molecule has 0 atom stereocenters. The SMILES string of the molecule is CC(C)CCCCCCCCCCN1CCN(C(C)C)CC1. The maximum absolute atomic E-state index is 2.67. The lowest BCUT2D eigenvalue weighted by molar-refractivity contribution is 0.107. The molecule has 1 aliphatic heterocycles. The Kier molecular flexibility index (Phi) is 11.2. The first-order valence-corrected chi connectivity index (χ1v) is 10.1. The van der Waals surface area contributed by atoms with Gasteiger partial charge in [-0.1, -0.05) is 65.2 Å². The van der Waals surface area contributed by atoms with Crippen LogP contribution in [0, 0.1) is 5.92 Å². The van der Waals surface area contributed by atoms with Gasteiger partial charge in [-0.3, -0.25) is 4.90 Å². The molecule has 0 spiro atoms. The first kappa shape index (κ1) is 20.0. The van der Waals surface area contributed by atoms with Gasteiger partial charge in [0.2, 0.25) is 0 Å². The Bertz CT molecular complexity index is 242. The first-order valence-electron chi connectivity index (χ1n) is 10.1. The molecule has 1 heterocycles. The number of rotatable bonds is 12. The Labute approximate surface area is 140 Å². The molecule has 0 aromatic heterocycles. The van der Waals surface area contributed by atoms with Gasteiger partial charge < -0.3 is 4.90 Å². The zero-order chi connectivity index (χ0) is 16.2. The average molecular weight is 311 g/mol. The molecule has 2 heteroatoms. The van der Waals surface area contributed by atoms with Crippen molar-refractivity contribution in [2.45, 2.75) is 91.5 Å². The van der Waals surface area contributed by atoms with Gasteiger partial charge in [0.05, 0.1) is 0 Å². The smallest absolute Gasteiger partial charge is 0.0113 e. The van der Waals surface area contributed by atoms with Crippen LogP contribution in [0.25, 0.3) is 0 Å². The normalized spacial score (nSPS) is 17.7. The second-order valence-corrected chi connectivity index (χ2v) is 7.98. The number of hydrogen-bond acceptors (Lipinski definition) is 2. The summed E-state index contributed by atoms with van der Waals surface area (Å²) < 4.78 is 0. The van der Waals surface area contributed by atoms with Crippen molar-refractivity contribution in [1.29, 1.82) is 0 Å². The monoisotopic (exact) mass is 310 g/mol. The van der Waals surface area contributed by atoms with Crippen LogP contribution in [-0.4, -0.2) is 48.6 Å². The highest BCUT2D eigenvalue weighted by Crippen LogP contribution is 2.13. The number of piperazine rings is 1. The zero-order valence-electron chi connectivity index (χ0n) is 15.9. The summed E-state index contributed by atoms with van der Waals surface area (Å²) in [6.07, 6.45) is 13.0. The van der Waals surface area contributed by atoms with Gasteiger partial charge in [0.15, 0.2) is 0 Å². The van der Waals surface area contributed by atoms with Crippen LogP contribution >= 0.6 is 0 Å². The lowest BCUT2D eigenvalue weighted by atomic mass is 10.0. The molecular weight excluding hydrogens is 268 g/mol. The van der Waals surface area contributed by atoms with E-state index in [4.69, 9.17) is 0 Å². The third kappa shape index (κ3) is 9.84. The molecule has 0 aromatic carbocycles. The molecule has 0 bridgehead atoms. The Hall–Kier alpha value is -0.0800. The van der Waals surface area contributed by atoms with Crippen molar-refractivity contribution in [3.05, 3.63) is 0 Å². The van der Waals surface area contributed by atoms with E-state index < -0.39 is 0 Å². The zero-order valence-corrected chi connectivity index (χ0v) is 15.9. The molecule has 0 aromatic rings. The van der Waals surface area contributed by atoms with Crippen LogP contribution in [0.2, 0.25) is 0 Å². The Morgan fingerprint density at radius 3 is 1.64 bits per heavy atom. The molecular formula is C20H42N2. The summed E-state index contributed by atoms with van der Waals surface area (Å²) in [5.41, 5.74) is 0. The number of hydrogen-bond donors (Lipinski definition) is 0. The molecule has 2 nitrogen and oxygen atoms in total. The van der Waals surface area contributed by atoms with E-state index in [0.717, 1.165) is 12.0 Å². The number of unbranched alkanes of at least 4 members (excludes halogenated alkanes) is 7. The molecule has 1 aliphatic rings. The third-order valence-electron chi connectivity index (χ3n) is 5.14. The molecule has 0 saturated carbocycles. The minimum atomic E-state index is 0.725. The molecule has 1 saturated heterocycles. The summed E-state index contributed by atoms with van der Waals surface area (Å²) in [4.78, 5) is 5.28. The summed E-state index contributed by atoms with van der Waals surface area (Å²) in [6.45, 7) is 15.8. The summed E-state index contributed by atoms with van der Waals surface area (Å²) in [7, 11) is 0. The predicted octanol–water partition coefficient (Wildman–Crippen LogP) is 5.18. The average Bonchev–Trinajstić information content (AvgIpc) is 2.49. The van der Waals surface area contributed by atoms with Gasteiger partial charge in [0.25, 0.3) is 0 Å². The van der Waals surface area contributed by atoms with Crippen molar-refractivity contribution in [3.63, 3.8) is 0 Å². The molecule has 0 radical (unpaired) electrons. The van der Waals surface area contributed by atoms with Crippen LogP contribution in [0.15, 0.2) is 0 Å². The van der Waals surface area contributed by atoms with Crippen LogP contribution in [0.1, 0.15) is 85.5 Å². The van der Waals surface area contributed by atoms with Gasteiger partial charge in [0, 0.05) is 32.2 Å².